The highest BCUT2D eigenvalue weighted by molar-refractivity contribution is 5.44. The molecule has 1 heterocycles. The van der Waals surface area contributed by atoms with Crippen LogP contribution in [0, 0.1) is 0 Å². The van der Waals surface area contributed by atoms with Crippen LogP contribution >= 0.6 is 0 Å². The molecule has 0 saturated carbocycles. The number of methoxy groups -OCH3 is 2. The molecule has 0 bridgehead atoms. The van der Waals surface area contributed by atoms with Crippen LogP contribution in [-0.4, -0.2) is 29.2 Å². The van der Waals surface area contributed by atoms with Gasteiger partial charge in [0.2, 0.25) is 0 Å². The van der Waals surface area contributed by atoms with Gasteiger partial charge in [0.05, 0.1) is 26.0 Å². The zero-order valence-electron chi connectivity index (χ0n) is 11.8. The Hall–Kier alpha value is -2.12. The Morgan fingerprint density at radius 2 is 2.05 bits per heavy atom. The van der Waals surface area contributed by atoms with Crippen LogP contribution in [0.4, 0.5) is 0 Å². The number of rotatable bonds is 6. The summed E-state index contributed by atoms with van der Waals surface area (Å²) < 4.78 is 12.2. The fourth-order valence-corrected chi connectivity index (χ4v) is 2.04. The molecule has 0 saturated heterocycles. The maximum atomic E-state index is 5.64. The lowest BCUT2D eigenvalue weighted by Gasteiger charge is -2.17. The summed E-state index contributed by atoms with van der Waals surface area (Å²) in [5, 5.41) is 7.98. The Bertz CT molecular complexity index is 570. The van der Waals surface area contributed by atoms with Crippen LogP contribution in [0.1, 0.15) is 17.3 Å². The molecule has 7 heteroatoms. The van der Waals surface area contributed by atoms with Gasteiger partial charge in [-0.2, -0.15) is 0 Å². The number of nitrogens with zero attached hydrogens (tertiary/aromatic N) is 3. The number of aryl methyl sites for hydroxylation is 1. The molecule has 2 rings (SSSR count). The number of nitrogens with one attached hydrogen (secondary N) is 1. The number of hydrogen-bond donors (Lipinski definition) is 2. The van der Waals surface area contributed by atoms with E-state index in [4.69, 9.17) is 15.3 Å². The van der Waals surface area contributed by atoms with Gasteiger partial charge in [0.25, 0.3) is 0 Å². The van der Waals surface area contributed by atoms with Crippen molar-refractivity contribution in [1.82, 2.24) is 20.4 Å². The van der Waals surface area contributed by atoms with Crippen LogP contribution in [0.3, 0.4) is 0 Å². The third kappa shape index (κ3) is 3.06. The summed E-state index contributed by atoms with van der Waals surface area (Å²) in [6.07, 6.45) is 2.50. The molecule has 1 unspecified atom stereocenters. The second-order valence-electron chi connectivity index (χ2n) is 4.42. The Morgan fingerprint density at radius 3 is 2.60 bits per heavy atom. The SMILES string of the molecule is COc1ccc(C(Cc2cn(C)nn2)NN)cc1OC. The van der Waals surface area contributed by atoms with E-state index in [1.807, 2.05) is 31.4 Å². The first-order valence-electron chi connectivity index (χ1n) is 6.21. The van der Waals surface area contributed by atoms with Crippen LogP contribution in [-0.2, 0) is 13.5 Å². The van der Waals surface area contributed by atoms with Crippen LogP contribution < -0.4 is 20.7 Å². The predicted molar refractivity (Wildman–Crippen MR) is 74.3 cm³/mol. The number of hydrazine groups is 1. The average Bonchev–Trinajstić information content (AvgIpc) is 2.89. The molecular formula is C13H19N5O2. The van der Waals surface area contributed by atoms with Crippen molar-refractivity contribution in [2.24, 2.45) is 12.9 Å². The Balaban J connectivity index is 2.22. The highest BCUT2D eigenvalue weighted by Gasteiger charge is 2.15. The summed E-state index contributed by atoms with van der Waals surface area (Å²) in [5.74, 6) is 7.00. The van der Waals surface area contributed by atoms with Crippen molar-refractivity contribution in [2.75, 3.05) is 14.2 Å². The largest absolute Gasteiger partial charge is 0.493 e. The first-order chi connectivity index (χ1) is 9.67. The third-order valence-electron chi connectivity index (χ3n) is 3.07. The van der Waals surface area contributed by atoms with E-state index in [2.05, 4.69) is 15.7 Å². The summed E-state index contributed by atoms with van der Waals surface area (Å²) >= 11 is 0. The minimum absolute atomic E-state index is 0.0773. The predicted octanol–water partition coefficient (Wildman–Crippen LogP) is 0.579. The number of hydrogen-bond acceptors (Lipinski definition) is 6. The van der Waals surface area contributed by atoms with E-state index >= 15 is 0 Å². The highest BCUT2D eigenvalue weighted by Crippen LogP contribution is 2.30. The minimum Gasteiger partial charge on any atom is -0.493 e. The molecule has 108 valence electrons. The van der Waals surface area contributed by atoms with Gasteiger partial charge in [0.15, 0.2) is 11.5 Å². The van der Waals surface area contributed by atoms with Crippen molar-refractivity contribution in [2.45, 2.75) is 12.5 Å². The average molecular weight is 277 g/mol. The molecule has 7 nitrogen and oxygen atoms in total. The fourth-order valence-electron chi connectivity index (χ4n) is 2.04. The van der Waals surface area contributed by atoms with Crippen molar-refractivity contribution in [3.63, 3.8) is 0 Å². The quantitative estimate of drug-likeness (QED) is 0.593. The molecule has 0 spiro atoms. The van der Waals surface area contributed by atoms with Gasteiger partial charge in [-0.05, 0) is 17.7 Å². The van der Waals surface area contributed by atoms with E-state index in [1.54, 1.807) is 18.9 Å². The molecule has 0 radical (unpaired) electrons. The lowest BCUT2D eigenvalue weighted by Crippen LogP contribution is -2.29. The standard InChI is InChI=1S/C13H19N5O2/c1-18-8-10(16-17-18)7-11(15-14)9-4-5-12(19-2)13(6-9)20-3/h4-6,8,11,15H,7,14H2,1-3H3. The molecule has 0 amide bonds. The van der Waals surface area contributed by atoms with Gasteiger partial charge < -0.3 is 9.47 Å². The van der Waals surface area contributed by atoms with Crippen molar-refractivity contribution in [3.8, 4) is 11.5 Å². The summed E-state index contributed by atoms with van der Waals surface area (Å²) in [4.78, 5) is 0. The minimum atomic E-state index is -0.0773. The number of nitrogens with two attached hydrogens (primary N) is 1. The number of ether oxygens (including phenoxy) is 2. The third-order valence-corrected chi connectivity index (χ3v) is 3.07. The van der Waals surface area contributed by atoms with Gasteiger partial charge in [-0.3, -0.25) is 16.0 Å². The molecule has 20 heavy (non-hydrogen) atoms. The van der Waals surface area contributed by atoms with Crippen molar-refractivity contribution in [1.29, 1.82) is 0 Å². The molecular weight excluding hydrogens is 258 g/mol. The van der Waals surface area contributed by atoms with Gasteiger partial charge in [-0.15, -0.1) is 5.10 Å². The smallest absolute Gasteiger partial charge is 0.161 e. The maximum absolute atomic E-state index is 5.64. The molecule has 0 fully saturated rings. The zero-order valence-corrected chi connectivity index (χ0v) is 11.8. The normalized spacial score (nSPS) is 12.2. The van der Waals surface area contributed by atoms with E-state index < -0.39 is 0 Å². The molecule has 2 aromatic rings. The fraction of sp³-hybridized carbons (Fsp3) is 0.385. The molecule has 1 atom stereocenters. The van der Waals surface area contributed by atoms with Crippen LogP contribution in [0.15, 0.2) is 24.4 Å². The lowest BCUT2D eigenvalue weighted by molar-refractivity contribution is 0.353. The van der Waals surface area contributed by atoms with E-state index in [0.717, 1.165) is 11.3 Å². The summed E-state index contributed by atoms with van der Waals surface area (Å²) in [6, 6.07) is 5.63. The van der Waals surface area contributed by atoms with Crippen LogP contribution in [0.5, 0.6) is 11.5 Å². The Kier molecular flexibility index (Phi) is 4.54. The summed E-state index contributed by atoms with van der Waals surface area (Å²) in [5.41, 5.74) is 4.65. The summed E-state index contributed by atoms with van der Waals surface area (Å²) in [7, 11) is 5.04. The Morgan fingerprint density at radius 1 is 1.30 bits per heavy atom. The Labute approximate surface area is 117 Å². The highest BCUT2D eigenvalue weighted by atomic mass is 16.5. The van der Waals surface area contributed by atoms with Gasteiger partial charge in [-0.1, -0.05) is 11.3 Å². The first kappa shape index (κ1) is 14.3. The van der Waals surface area contributed by atoms with Crippen molar-refractivity contribution >= 4 is 0 Å². The molecule has 0 aliphatic carbocycles. The molecule has 0 aliphatic heterocycles. The van der Waals surface area contributed by atoms with E-state index in [0.29, 0.717) is 17.9 Å². The molecule has 1 aromatic carbocycles. The van der Waals surface area contributed by atoms with Crippen LogP contribution in [0.2, 0.25) is 0 Å². The maximum Gasteiger partial charge on any atom is 0.161 e. The second kappa shape index (κ2) is 6.36. The number of aromatic nitrogens is 3. The van der Waals surface area contributed by atoms with Gasteiger partial charge in [-0.25, -0.2) is 0 Å². The molecule has 3 N–H and O–H groups in total. The van der Waals surface area contributed by atoms with Crippen LogP contribution in [0.25, 0.3) is 0 Å². The number of benzene rings is 1. The van der Waals surface area contributed by atoms with Gasteiger partial charge in [0.1, 0.15) is 0 Å². The monoisotopic (exact) mass is 277 g/mol. The van der Waals surface area contributed by atoms with E-state index in [-0.39, 0.29) is 6.04 Å². The lowest BCUT2D eigenvalue weighted by atomic mass is 10.0. The van der Waals surface area contributed by atoms with E-state index in [9.17, 15) is 0 Å². The van der Waals surface area contributed by atoms with Crippen molar-refractivity contribution < 1.29 is 9.47 Å². The summed E-state index contributed by atoms with van der Waals surface area (Å²) in [6.45, 7) is 0. The topological polar surface area (TPSA) is 87.2 Å². The second-order valence-corrected chi connectivity index (χ2v) is 4.42. The van der Waals surface area contributed by atoms with Gasteiger partial charge >= 0.3 is 0 Å². The van der Waals surface area contributed by atoms with E-state index in [1.165, 1.54) is 0 Å². The molecule has 1 aromatic heterocycles. The van der Waals surface area contributed by atoms with Crippen molar-refractivity contribution in [3.05, 3.63) is 35.7 Å². The van der Waals surface area contributed by atoms with Gasteiger partial charge in [0, 0.05) is 19.7 Å². The molecule has 0 aliphatic rings. The zero-order chi connectivity index (χ0) is 14.5. The first-order valence-corrected chi connectivity index (χ1v) is 6.21.